The Balaban J connectivity index is 2.32. The molecule has 0 amide bonds. The van der Waals surface area contributed by atoms with Gasteiger partial charge in [0.25, 0.3) is 0 Å². The smallest absolute Gasteiger partial charge is 0.0992 e. The number of halogens is 3. The molecule has 0 saturated carbocycles. The molecular formula is C13H7Cl2IN2. The van der Waals surface area contributed by atoms with Crippen LogP contribution in [-0.4, -0.2) is 0 Å². The Bertz CT molecular complexity index is 635. The molecular weight excluding hydrogens is 382 g/mol. The van der Waals surface area contributed by atoms with Gasteiger partial charge in [0.1, 0.15) is 0 Å². The molecule has 0 heterocycles. The maximum Gasteiger partial charge on any atom is 0.0992 e. The van der Waals surface area contributed by atoms with Gasteiger partial charge in [0.2, 0.25) is 0 Å². The van der Waals surface area contributed by atoms with Gasteiger partial charge in [0, 0.05) is 8.59 Å². The second-order valence-electron chi connectivity index (χ2n) is 3.56. The van der Waals surface area contributed by atoms with E-state index < -0.39 is 0 Å². The van der Waals surface area contributed by atoms with E-state index in [4.69, 9.17) is 28.5 Å². The number of nitrogens with zero attached hydrogens (tertiary/aromatic N) is 1. The van der Waals surface area contributed by atoms with Crippen LogP contribution in [0, 0.1) is 14.9 Å². The molecule has 0 radical (unpaired) electrons. The molecule has 2 nitrogen and oxygen atoms in total. The van der Waals surface area contributed by atoms with Crippen molar-refractivity contribution in [3.63, 3.8) is 0 Å². The van der Waals surface area contributed by atoms with E-state index in [1.807, 2.05) is 24.3 Å². The highest BCUT2D eigenvalue weighted by Crippen LogP contribution is 2.29. The van der Waals surface area contributed by atoms with E-state index in [-0.39, 0.29) is 0 Å². The lowest BCUT2D eigenvalue weighted by molar-refractivity contribution is 1.47. The quantitative estimate of drug-likeness (QED) is 0.716. The Hall–Kier alpha value is -0.960. The summed E-state index contributed by atoms with van der Waals surface area (Å²) in [5.41, 5.74) is 2.22. The van der Waals surface area contributed by atoms with Crippen LogP contribution in [0.2, 0.25) is 10.0 Å². The molecule has 0 fully saturated rings. The van der Waals surface area contributed by atoms with Gasteiger partial charge in [-0.1, -0.05) is 23.2 Å². The summed E-state index contributed by atoms with van der Waals surface area (Å²) in [4.78, 5) is 0. The second-order valence-corrected chi connectivity index (χ2v) is 5.56. The number of rotatable bonds is 2. The van der Waals surface area contributed by atoms with Crippen molar-refractivity contribution in [3.8, 4) is 6.07 Å². The van der Waals surface area contributed by atoms with Gasteiger partial charge >= 0.3 is 0 Å². The molecule has 0 unspecified atom stereocenters. The van der Waals surface area contributed by atoms with E-state index in [1.54, 1.807) is 18.2 Å². The van der Waals surface area contributed by atoms with Gasteiger partial charge in [-0.2, -0.15) is 5.26 Å². The highest BCUT2D eigenvalue weighted by Gasteiger charge is 2.05. The third-order valence-electron chi connectivity index (χ3n) is 2.30. The van der Waals surface area contributed by atoms with Gasteiger partial charge in [0.05, 0.1) is 28.0 Å². The number of nitriles is 1. The number of benzene rings is 2. The molecule has 0 aliphatic rings. The number of nitrogens with one attached hydrogen (secondary N) is 1. The van der Waals surface area contributed by atoms with Crippen LogP contribution < -0.4 is 5.32 Å². The van der Waals surface area contributed by atoms with Crippen molar-refractivity contribution in [2.24, 2.45) is 0 Å². The summed E-state index contributed by atoms with van der Waals surface area (Å²) in [6, 6.07) is 12.7. The number of anilines is 2. The molecule has 2 aromatic carbocycles. The SMILES string of the molecule is N#Cc1ccc(Nc2ccc(Cl)cc2I)c(Cl)c1. The highest BCUT2D eigenvalue weighted by atomic mass is 127. The van der Waals surface area contributed by atoms with Crippen molar-refractivity contribution >= 4 is 57.2 Å². The summed E-state index contributed by atoms with van der Waals surface area (Å²) < 4.78 is 1.00. The minimum Gasteiger partial charge on any atom is -0.353 e. The lowest BCUT2D eigenvalue weighted by Gasteiger charge is -2.10. The van der Waals surface area contributed by atoms with E-state index in [2.05, 4.69) is 27.9 Å². The fraction of sp³-hybridized carbons (Fsp3) is 0. The summed E-state index contributed by atoms with van der Waals surface area (Å²) in [7, 11) is 0. The fourth-order valence-electron chi connectivity index (χ4n) is 1.42. The third kappa shape index (κ3) is 3.08. The van der Waals surface area contributed by atoms with Crippen molar-refractivity contribution in [2.75, 3.05) is 5.32 Å². The molecule has 18 heavy (non-hydrogen) atoms. The number of hydrogen-bond acceptors (Lipinski definition) is 2. The van der Waals surface area contributed by atoms with Gasteiger partial charge < -0.3 is 5.32 Å². The molecule has 0 saturated heterocycles. The van der Waals surface area contributed by atoms with Crippen molar-refractivity contribution in [2.45, 2.75) is 0 Å². The van der Waals surface area contributed by atoms with Crippen molar-refractivity contribution in [1.29, 1.82) is 5.26 Å². The summed E-state index contributed by atoms with van der Waals surface area (Å²) in [6.07, 6.45) is 0. The van der Waals surface area contributed by atoms with Crippen LogP contribution in [0.4, 0.5) is 11.4 Å². The normalized spacial score (nSPS) is 9.89. The lowest BCUT2D eigenvalue weighted by atomic mass is 10.2. The molecule has 0 spiro atoms. The Labute approximate surface area is 129 Å². The van der Waals surface area contributed by atoms with Crippen LogP contribution in [-0.2, 0) is 0 Å². The third-order valence-corrected chi connectivity index (χ3v) is 3.74. The van der Waals surface area contributed by atoms with Crippen LogP contribution >= 0.6 is 45.8 Å². The Kier molecular flexibility index (Phi) is 4.33. The van der Waals surface area contributed by atoms with E-state index in [0.29, 0.717) is 15.6 Å². The van der Waals surface area contributed by atoms with Crippen molar-refractivity contribution in [3.05, 3.63) is 55.6 Å². The molecule has 1 N–H and O–H groups in total. The predicted molar refractivity (Wildman–Crippen MR) is 83.6 cm³/mol. The van der Waals surface area contributed by atoms with Crippen molar-refractivity contribution < 1.29 is 0 Å². The molecule has 2 aromatic rings. The van der Waals surface area contributed by atoms with E-state index in [0.717, 1.165) is 14.9 Å². The monoisotopic (exact) mass is 388 g/mol. The first-order valence-corrected chi connectivity index (χ1v) is 6.85. The first-order valence-electron chi connectivity index (χ1n) is 5.02. The minimum absolute atomic E-state index is 0.514. The Morgan fingerprint density at radius 3 is 2.39 bits per heavy atom. The van der Waals surface area contributed by atoms with Crippen LogP contribution in [0.5, 0.6) is 0 Å². The average molecular weight is 389 g/mol. The van der Waals surface area contributed by atoms with Crippen LogP contribution in [0.25, 0.3) is 0 Å². The average Bonchev–Trinajstić information content (AvgIpc) is 2.34. The van der Waals surface area contributed by atoms with Crippen LogP contribution in [0.3, 0.4) is 0 Å². The van der Waals surface area contributed by atoms with Crippen molar-refractivity contribution in [1.82, 2.24) is 0 Å². The summed E-state index contributed by atoms with van der Waals surface area (Å²) in [5, 5.41) is 13.2. The van der Waals surface area contributed by atoms with Crippen LogP contribution in [0.15, 0.2) is 36.4 Å². The van der Waals surface area contributed by atoms with Gasteiger partial charge in [-0.15, -0.1) is 0 Å². The zero-order valence-corrected chi connectivity index (χ0v) is 12.7. The van der Waals surface area contributed by atoms with Gasteiger partial charge in [-0.05, 0) is 59.0 Å². The summed E-state index contributed by atoms with van der Waals surface area (Å²) in [5.74, 6) is 0. The molecule has 0 atom stereocenters. The summed E-state index contributed by atoms with van der Waals surface area (Å²) >= 11 is 14.2. The fourth-order valence-corrected chi connectivity index (χ4v) is 2.66. The molecule has 0 bridgehead atoms. The molecule has 0 aromatic heterocycles. The standard InChI is InChI=1S/C13H7Cl2IN2/c14-9-2-4-13(11(16)6-9)18-12-3-1-8(7-17)5-10(12)15/h1-6,18H. The predicted octanol–water partition coefficient (Wildman–Crippen LogP) is 5.21. The number of hydrogen-bond donors (Lipinski definition) is 1. The second kappa shape index (κ2) is 5.79. The van der Waals surface area contributed by atoms with E-state index in [9.17, 15) is 0 Å². The molecule has 0 aliphatic carbocycles. The topological polar surface area (TPSA) is 35.8 Å². The first-order chi connectivity index (χ1) is 8.60. The molecule has 5 heteroatoms. The largest absolute Gasteiger partial charge is 0.353 e. The van der Waals surface area contributed by atoms with E-state index in [1.165, 1.54) is 0 Å². The molecule has 90 valence electrons. The Morgan fingerprint density at radius 2 is 1.78 bits per heavy atom. The minimum atomic E-state index is 0.514. The van der Waals surface area contributed by atoms with Gasteiger partial charge in [-0.3, -0.25) is 0 Å². The lowest BCUT2D eigenvalue weighted by Crippen LogP contribution is -1.94. The maximum absolute atomic E-state index is 8.77. The molecule has 0 aliphatic heterocycles. The first kappa shape index (κ1) is 13.5. The van der Waals surface area contributed by atoms with Crippen LogP contribution in [0.1, 0.15) is 5.56 Å². The van der Waals surface area contributed by atoms with Gasteiger partial charge in [-0.25, -0.2) is 0 Å². The van der Waals surface area contributed by atoms with Gasteiger partial charge in [0.15, 0.2) is 0 Å². The van der Waals surface area contributed by atoms with E-state index >= 15 is 0 Å². The highest BCUT2D eigenvalue weighted by molar-refractivity contribution is 14.1. The Morgan fingerprint density at radius 1 is 1.06 bits per heavy atom. The summed E-state index contributed by atoms with van der Waals surface area (Å²) in [6.45, 7) is 0. The molecule has 2 rings (SSSR count). The zero-order chi connectivity index (χ0) is 13.1. The zero-order valence-electron chi connectivity index (χ0n) is 9.05. The maximum atomic E-state index is 8.77.